The number of hydrogen-bond acceptors (Lipinski definition) is 0. The Hall–Kier alpha value is -1.96. The van der Waals surface area contributed by atoms with E-state index in [0.717, 1.165) is 25.7 Å². The van der Waals surface area contributed by atoms with Crippen molar-refractivity contribution < 1.29 is 15.6 Å². The molecule has 0 N–H and O–H groups in total. The fourth-order valence-electron chi connectivity index (χ4n) is 12.3. The van der Waals surface area contributed by atoms with E-state index in [1.165, 1.54) is 131 Å². The van der Waals surface area contributed by atoms with Crippen LogP contribution in [-0.4, -0.2) is 5.92 Å². The Labute approximate surface area is 373 Å². The molecule has 0 saturated heterocycles. The molecule has 0 amide bonds. The Bertz CT molecular complexity index is 2080. The summed E-state index contributed by atoms with van der Waals surface area (Å²) < 4.78 is 0.252. The summed E-state index contributed by atoms with van der Waals surface area (Å²) in [5, 5.41) is 0. The van der Waals surface area contributed by atoms with Gasteiger partial charge in [-0.3, -0.25) is 0 Å². The zero-order valence-electron chi connectivity index (χ0n) is 38.3. The van der Waals surface area contributed by atoms with Crippen molar-refractivity contribution in [2.45, 2.75) is 164 Å². The second-order valence-corrected chi connectivity index (χ2v) is 63.0. The molecule has 4 heteroatoms. The summed E-state index contributed by atoms with van der Waals surface area (Å²) in [6.45, 7) is 19.2. The van der Waals surface area contributed by atoms with Crippen LogP contribution in [0.25, 0.3) is 34.4 Å². The quantitative estimate of drug-likeness (QED) is 0.117. The molecule has 4 aromatic rings. The summed E-state index contributed by atoms with van der Waals surface area (Å²) in [6.07, 6.45) is 23.4. The fraction of sp³-hybridized carbons (Fsp3) is 0.500. The van der Waals surface area contributed by atoms with Gasteiger partial charge in [0.1, 0.15) is 0 Å². The van der Waals surface area contributed by atoms with Crippen LogP contribution in [0.1, 0.15) is 181 Å². The third-order valence-electron chi connectivity index (χ3n) is 16.5. The zero-order chi connectivity index (χ0) is 42.4. The molecule has 0 aliphatic heterocycles. The van der Waals surface area contributed by atoms with E-state index < -0.39 is 21.5 Å². The van der Waals surface area contributed by atoms with Gasteiger partial charge in [-0.15, -0.1) is 0 Å². The van der Waals surface area contributed by atoms with Gasteiger partial charge in [-0.05, 0) is 0 Å². The van der Waals surface area contributed by atoms with Gasteiger partial charge in [-0.2, -0.15) is 0 Å². The molecule has 8 rings (SSSR count). The molecular weight excluding hydrogens is 863 g/mol. The molecule has 4 atom stereocenters. The molecule has 4 aliphatic carbocycles. The zero-order valence-corrected chi connectivity index (χ0v) is 43.4. The molecule has 4 unspecified atom stereocenters. The summed E-state index contributed by atoms with van der Waals surface area (Å²) in [5.41, 5.74) is 19.9. The van der Waals surface area contributed by atoms with Crippen LogP contribution in [0.5, 0.6) is 0 Å². The van der Waals surface area contributed by atoms with E-state index in [2.05, 4.69) is 140 Å². The van der Waals surface area contributed by atoms with Crippen molar-refractivity contribution in [2.24, 2.45) is 11.8 Å². The van der Waals surface area contributed by atoms with Crippen LogP contribution in [-0.2, 0) is 15.6 Å². The van der Waals surface area contributed by atoms with Gasteiger partial charge in [0.25, 0.3) is 0 Å². The van der Waals surface area contributed by atoms with Crippen LogP contribution in [0.15, 0.2) is 83.9 Å². The molecule has 4 aliphatic rings. The SMILES string of the molecule is CCC(C)c1ccc(-c2ccc(C)c3c2C=C(CC2CCCCC2)[CH]3[Zr]([Cl])([Cl])([CH]2C(CC3CCCCC3)=Cc3c(-c4ccc(C(C)CC)cc4)ccc(C)c32)[SiH](C)C)cc1. The van der Waals surface area contributed by atoms with Gasteiger partial charge in [0.2, 0.25) is 0 Å². The first-order chi connectivity index (χ1) is 28.8. The molecule has 2 saturated carbocycles. The Balaban J connectivity index is 1.34. The number of halogens is 2. The predicted molar refractivity (Wildman–Crippen MR) is 265 cm³/mol. The topological polar surface area (TPSA) is 0 Å². The van der Waals surface area contributed by atoms with Gasteiger partial charge >= 0.3 is 377 Å². The molecular formula is C56H73Cl2SiZr. The van der Waals surface area contributed by atoms with E-state index in [1.807, 2.05) is 0 Å². The summed E-state index contributed by atoms with van der Waals surface area (Å²) in [7, 11) is 18.5. The summed E-state index contributed by atoms with van der Waals surface area (Å²) in [4.78, 5) is 0. The van der Waals surface area contributed by atoms with Crippen molar-refractivity contribution in [1.29, 1.82) is 0 Å². The minimum atomic E-state index is -5.08. The van der Waals surface area contributed by atoms with Gasteiger partial charge in [0.15, 0.2) is 0 Å². The first-order valence-electron chi connectivity index (χ1n) is 24.3. The molecule has 0 spiro atoms. The van der Waals surface area contributed by atoms with Crippen LogP contribution in [0.2, 0.25) is 13.1 Å². The predicted octanol–water partition coefficient (Wildman–Crippen LogP) is 18.2. The van der Waals surface area contributed by atoms with E-state index in [1.54, 1.807) is 11.1 Å². The van der Waals surface area contributed by atoms with Crippen LogP contribution in [0.4, 0.5) is 0 Å². The van der Waals surface area contributed by atoms with Crippen molar-refractivity contribution in [2.75, 3.05) is 0 Å². The van der Waals surface area contributed by atoms with E-state index in [9.17, 15) is 17.0 Å². The van der Waals surface area contributed by atoms with Gasteiger partial charge < -0.3 is 0 Å². The van der Waals surface area contributed by atoms with E-state index in [0.29, 0.717) is 23.7 Å². The maximum absolute atomic E-state index is 9.26. The standard InChI is InChI=1S/2C27H33.C2H7Si.2ClH.Zr/c2*1-4-19(2)23-11-13-24(14-12-23)25-15-10-20(3)26-17-22(18-27(25)26)16-21-8-6-5-7-9-21;1-3-2;;;/h2*10-15,17-19,21H,4-9,16H2,1-3H3;3H,1-2H3;2*1H;/q;;;;;+2/p-2. The molecule has 2 fully saturated rings. The number of rotatable bonds is 13. The maximum atomic E-state index is 9.26. The second kappa shape index (κ2) is 18.3. The van der Waals surface area contributed by atoms with E-state index in [-0.39, 0.29) is 7.25 Å². The normalized spacial score (nSPS) is 21.6. The third kappa shape index (κ3) is 8.18. The molecule has 0 nitrogen and oxygen atoms in total. The third-order valence-corrected chi connectivity index (χ3v) is 68.2. The van der Waals surface area contributed by atoms with Gasteiger partial charge in [0.05, 0.1) is 0 Å². The molecule has 0 bridgehead atoms. The van der Waals surface area contributed by atoms with Gasteiger partial charge in [0, 0.05) is 0 Å². The first kappa shape index (κ1) is 44.6. The monoisotopic (exact) mass is 933 g/mol. The Kier molecular flexibility index (Phi) is 13.6. The molecule has 0 aromatic heterocycles. The van der Waals surface area contributed by atoms with Crippen molar-refractivity contribution in [3.63, 3.8) is 0 Å². The second-order valence-electron chi connectivity index (χ2n) is 20.5. The van der Waals surface area contributed by atoms with Crippen molar-refractivity contribution in [3.05, 3.63) is 128 Å². The van der Waals surface area contributed by atoms with E-state index in [4.69, 9.17) is 0 Å². The molecule has 4 aromatic carbocycles. The summed E-state index contributed by atoms with van der Waals surface area (Å²) in [5.74, 6) is 0.806. The molecule has 0 heterocycles. The first-order valence-corrected chi connectivity index (χ1v) is 40.6. The summed E-state index contributed by atoms with van der Waals surface area (Å²) >= 11 is -5.08. The van der Waals surface area contributed by atoms with Crippen LogP contribution >= 0.6 is 17.0 Å². The molecule has 319 valence electrons. The Morgan fingerprint density at radius 1 is 0.550 bits per heavy atom. The van der Waals surface area contributed by atoms with Gasteiger partial charge in [-0.1, -0.05) is 0 Å². The van der Waals surface area contributed by atoms with Crippen LogP contribution in [0, 0.1) is 25.7 Å². The average Bonchev–Trinajstić information content (AvgIpc) is 3.85. The molecule has 0 radical (unpaired) electrons. The van der Waals surface area contributed by atoms with Crippen LogP contribution < -0.4 is 0 Å². The Morgan fingerprint density at radius 3 is 1.25 bits per heavy atom. The van der Waals surface area contributed by atoms with Gasteiger partial charge in [-0.25, -0.2) is 0 Å². The van der Waals surface area contributed by atoms with Crippen LogP contribution in [0.3, 0.4) is 0 Å². The van der Waals surface area contributed by atoms with E-state index >= 15 is 0 Å². The summed E-state index contributed by atoms with van der Waals surface area (Å²) in [6, 6.07) is 28.7. The van der Waals surface area contributed by atoms with Crippen molar-refractivity contribution in [1.82, 2.24) is 0 Å². The fourth-order valence-corrected chi connectivity index (χ4v) is 43.8. The number of hydrogen-bond donors (Lipinski definition) is 0. The van der Waals surface area contributed by atoms with Crippen molar-refractivity contribution in [3.8, 4) is 22.3 Å². The number of fused-ring (bicyclic) bond motifs is 2. The molecule has 60 heavy (non-hydrogen) atoms. The Morgan fingerprint density at radius 2 is 0.917 bits per heavy atom. The minimum absolute atomic E-state index is 0.126. The average molecular weight is 936 g/mol. The number of allylic oxidation sites excluding steroid dienone is 2. The number of aryl methyl sites for hydroxylation is 2. The number of benzene rings is 4. The van der Waals surface area contributed by atoms with Crippen molar-refractivity contribution >= 4 is 35.1 Å².